The summed E-state index contributed by atoms with van der Waals surface area (Å²) >= 11 is 0. The third-order valence-corrected chi connectivity index (χ3v) is 3.60. The molecule has 0 unspecified atom stereocenters. The van der Waals surface area contributed by atoms with Crippen molar-refractivity contribution >= 4 is 5.78 Å². The second kappa shape index (κ2) is 6.28. The van der Waals surface area contributed by atoms with E-state index in [2.05, 4.69) is 0 Å². The summed E-state index contributed by atoms with van der Waals surface area (Å²) in [6, 6.07) is 14.6. The van der Waals surface area contributed by atoms with Crippen LogP contribution in [-0.4, -0.2) is 5.78 Å². The molecule has 0 aromatic heterocycles. The maximum atomic E-state index is 14.1. The molecule has 3 aromatic carbocycles. The van der Waals surface area contributed by atoms with Crippen LogP contribution in [0.1, 0.15) is 15.9 Å². The van der Waals surface area contributed by atoms with Crippen LogP contribution < -0.4 is 0 Å². The number of ketones is 1. The van der Waals surface area contributed by atoms with Gasteiger partial charge in [-0.25, -0.2) is 17.6 Å². The number of hydrogen-bond acceptors (Lipinski definition) is 1. The highest BCUT2D eigenvalue weighted by atomic mass is 19.2. The molecular weight excluding hydrogens is 320 g/mol. The third kappa shape index (κ3) is 2.69. The van der Waals surface area contributed by atoms with E-state index in [1.54, 1.807) is 36.4 Å². The first kappa shape index (κ1) is 15.9. The van der Waals surface area contributed by atoms with E-state index >= 15 is 0 Å². The topological polar surface area (TPSA) is 17.1 Å². The summed E-state index contributed by atoms with van der Waals surface area (Å²) in [6.45, 7) is 0. The fourth-order valence-electron chi connectivity index (χ4n) is 2.43. The molecule has 24 heavy (non-hydrogen) atoms. The Balaban J connectivity index is 2.20. The highest BCUT2D eigenvalue weighted by Gasteiger charge is 2.23. The molecule has 3 rings (SSSR count). The predicted octanol–water partition coefficient (Wildman–Crippen LogP) is 5.14. The molecule has 0 heterocycles. The summed E-state index contributed by atoms with van der Waals surface area (Å²) in [5.41, 5.74) is -0.116. The van der Waals surface area contributed by atoms with Gasteiger partial charge in [0.25, 0.3) is 0 Å². The van der Waals surface area contributed by atoms with Crippen LogP contribution in [0.5, 0.6) is 0 Å². The van der Waals surface area contributed by atoms with Gasteiger partial charge in [-0.3, -0.25) is 4.79 Å². The van der Waals surface area contributed by atoms with Gasteiger partial charge in [-0.1, -0.05) is 54.6 Å². The summed E-state index contributed by atoms with van der Waals surface area (Å²) < 4.78 is 54.2. The highest BCUT2D eigenvalue weighted by Crippen LogP contribution is 2.31. The fourth-order valence-corrected chi connectivity index (χ4v) is 2.43. The smallest absolute Gasteiger partial charge is 0.198 e. The van der Waals surface area contributed by atoms with Crippen LogP contribution in [0.15, 0.2) is 60.7 Å². The van der Waals surface area contributed by atoms with E-state index in [-0.39, 0.29) is 11.1 Å². The molecule has 0 aliphatic rings. The standard InChI is InChI=1S/C19H10F4O/c20-15-10-14(16(21)18(23)17(15)22)12-8-4-5-9-13(12)19(24)11-6-2-1-3-7-11/h1-10H. The van der Waals surface area contributed by atoms with Crippen LogP contribution in [-0.2, 0) is 0 Å². The third-order valence-electron chi connectivity index (χ3n) is 3.60. The minimum atomic E-state index is -1.91. The van der Waals surface area contributed by atoms with Crippen LogP contribution in [0.4, 0.5) is 17.6 Å². The van der Waals surface area contributed by atoms with Gasteiger partial charge >= 0.3 is 0 Å². The Hall–Kier alpha value is -2.95. The van der Waals surface area contributed by atoms with E-state index < -0.39 is 34.6 Å². The van der Waals surface area contributed by atoms with Crippen molar-refractivity contribution < 1.29 is 22.4 Å². The zero-order valence-corrected chi connectivity index (χ0v) is 12.2. The van der Waals surface area contributed by atoms with Gasteiger partial charge < -0.3 is 0 Å². The Morgan fingerprint density at radius 1 is 0.667 bits per heavy atom. The van der Waals surface area contributed by atoms with Gasteiger partial charge in [-0.15, -0.1) is 0 Å². The molecule has 120 valence electrons. The van der Waals surface area contributed by atoms with E-state index in [0.29, 0.717) is 11.6 Å². The largest absolute Gasteiger partial charge is 0.289 e. The van der Waals surface area contributed by atoms with E-state index in [0.717, 1.165) is 0 Å². The van der Waals surface area contributed by atoms with Crippen molar-refractivity contribution in [2.45, 2.75) is 0 Å². The van der Waals surface area contributed by atoms with Gasteiger partial charge in [-0.05, 0) is 11.6 Å². The minimum Gasteiger partial charge on any atom is -0.289 e. The maximum absolute atomic E-state index is 14.1. The van der Waals surface area contributed by atoms with Gasteiger partial charge in [0.15, 0.2) is 29.1 Å². The van der Waals surface area contributed by atoms with Crippen molar-refractivity contribution in [2.75, 3.05) is 0 Å². The Morgan fingerprint density at radius 2 is 1.29 bits per heavy atom. The molecule has 0 atom stereocenters. The van der Waals surface area contributed by atoms with Crippen LogP contribution in [0.25, 0.3) is 11.1 Å². The van der Waals surface area contributed by atoms with Gasteiger partial charge in [0.2, 0.25) is 0 Å². The monoisotopic (exact) mass is 330 g/mol. The molecular formula is C19H10F4O. The SMILES string of the molecule is O=C(c1ccccc1)c1ccccc1-c1cc(F)c(F)c(F)c1F. The predicted molar refractivity (Wildman–Crippen MR) is 81.6 cm³/mol. The van der Waals surface area contributed by atoms with E-state index in [9.17, 15) is 22.4 Å². The van der Waals surface area contributed by atoms with Crippen LogP contribution in [0.2, 0.25) is 0 Å². The number of rotatable bonds is 3. The average Bonchev–Trinajstić information content (AvgIpc) is 2.63. The normalized spacial score (nSPS) is 10.7. The molecule has 0 radical (unpaired) electrons. The summed E-state index contributed by atoms with van der Waals surface area (Å²) in [6.07, 6.45) is 0. The number of carbonyl (C=O) groups excluding carboxylic acids is 1. The lowest BCUT2D eigenvalue weighted by atomic mass is 9.93. The first-order valence-electron chi connectivity index (χ1n) is 7.03. The number of carbonyl (C=O) groups is 1. The van der Waals surface area contributed by atoms with Gasteiger partial charge in [0.1, 0.15) is 0 Å². The average molecular weight is 330 g/mol. The Labute approximate surface area is 135 Å². The molecule has 0 amide bonds. The van der Waals surface area contributed by atoms with Crippen molar-refractivity contribution in [1.29, 1.82) is 0 Å². The molecule has 3 aromatic rings. The van der Waals surface area contributed by atoms with Crippen molar-refractivity contribution in [2.24, 2.45) is 0 Å². The maximum Gasteiger partial charge on any atom is 0.198 e. The second-order valence-corrected chi connectivity index (χ2v) is 5.09. The van der Waals surface area contributed by atoms with Crippen LogP contribution in [0.3, 0.4) is 0 Å². The molecule has 5 heteroatoms. The molecule has 0 bridgehead atoms. The van der Waals surface area contributed by atoms with E-state index in [4.69, 9.17) is 0 Å². The van der Waals surface area contributed by atoms with Gasteiger partial charge in [-0.2, -0.15) is 0 Å². The zero-order chi connectivity index (χ0) is 17.3. The van der Waals surface area contributed by atoms with Crippen LogP contribution >= 0.6 is 0 Å². The summed E-state index contributed by atoms with van der Waals surface area (Å²) in [5, 5.41) is 0. The van der Waals surface area contributed by atoms with E-state index in [1.807, 2.05) is 0 Å². The van der Waals surface area contributed by atoms with Crippen molar-refractivity contribution in [3.05, 3.63) is 95.1 Å². The zero-order valence-electron chi connectivity index (χ0n) is 12.2. The minimum absolute atomic E-state index is 0.0124. The number of benzene rings is 3. The summed E-state index contributed by atoms with van der Waals surface area (Å²) in [5.74, 6) is -7.29. The number of hydrogen-bond donors (Lipinski definition) is 0. The molecule has 0 fully saturated rings. The Kier molecular flexibility index (Phi) is 4.16. The Morgan fingerprint density at radius 3 is 2.00 bits per heavy atom. The summed E-state index contributed by atoms with van der Waals surface area (Å²) in [7, 11) is 0. The molecule has 0 spiro atoms. The highest BCUT2D eigenvalue weighted by molar-refractivity contribution is 6.12. The number of halogens is 4. The fraction of sp³-hybridized carbons (Fsp3) is 0. The first-order valence-corrected chi connectivity index (χ1v) is 7.03. The molecule has 0 saturated heterocycles. The molecule has 0 saturated carbocycles. The van der Waals surface area contributed by atoms with Crippen molar-refractivity contribution in [3.63, 3.8) is 0 Å². The van der Waals surface area contributed by atoms with Crippen molar-refractivity contribution in [1.82, 2.24) is 0 Å². The molecule has 0 N–H and O–H groups in total. The lowest BCUT2D eigenvalue weighted by Gasteiger charge is -2.11. The Bertz CT molecular complexity index is 920. The molecule has 0 aliphatic carbocycles. The molecule has 0 aliphatic heterocycles. The summed E-state index contributed by atoms with van der Waals surface area (Å²) in [4.78, 5) is 12.6. The van der Waals surface area contributed by atoms with Crippen LogP contribution in [0, 0.1) is 23.3 Å². The first-order chi connectivity index (χ1) is 11.5. The molecule has 1 nitrogen and oxygen atoms in total. The van der Waals surface area contributed by atoms with Crippen molar-refractivity contribution in [3.8, 4) is 11.1 Å². The lowest BCUT2D eigenvalue weighted by Crippen LogP contribution is -2.05. The lowest BCUT2D eigenvalue weighted by molar-refractivity contribution is 0.103. The van der Waals surface area contributed by atoms with E-state index in [1.165, 1.54) is 18.2 Å². The van der Waals surface area contributed by atoms with Gasteiger partial charge in [0.05, 0.1) is 0 Å². The second-order valence-electron chi connectivity index (χ2n) is 5.09. The quantitative estimate of drug-likeness (QED) is 0.281. The van der Waals surface area contributed by atoms with Gasteiger partial charge in [0, 0.05) is 16.7 Å².